The van der Waals surface area contributed by atoms with E-state index in [9.17, 15) is 9.59 Å². The van der Waals surface area contributed by atoms with Gasteiger partial charge < -0.3 is 5.73 Å². The van der Waals surface area contributed by atoms with Gasteiger partial charge in [0, 0.05) is 37.6 Å². The van der Waals surface area contributed by atoms with Crippen LogP contribution in [0.2, 0.25) is 15.1 Å². The summed E-state index contributed by atoms with van der Waals surface area (Å²) in [6.45, 7) is 0.316. The van der Waals surface area contributed by atoms with Crippen molar-refractivity contribution in [1.29, 1.82) is 0 Å². The topological polar surface area (TPSA) is 107 Å². The van der Waals surface area contributed by atoms with Crippen LogP contribution < -0.4 is 17.0 Å². The average Bonchev–Trinajstić information content (AvgIpc) is 3.31. The second-order valence-electron chi connectivity index (χ2n) is 8.05. The van der Waals surface area contributed by atoms with Gasteiger partial charge in [0.25, 0.3) is 5.56 Å². The Hall–Kier alpha value is -3.27. The minimum Gasteiger partial charge on any atom is -0.326 e. The van der Waals surface area contributed by atoms with Crippen LogP contribution in [0.1, 0.15) is 26.9 Å². The Morgan fingerprint density at radius 2 is 1.65 bits per heavy atom. The summed E-state index contributed by atoms with van der Waals surface area (Å²) >= 11 is 21.3. The Kier molecular flexibility index (Phi) is 7.28. The molecule has 3 N–H and O–H groups in total. The van der Waals surface area contributed by atoms with E-state index in [0.717, 1.165) is 37.6 Å². The van der Waals surface area contributed by atoms with E-state index in [4.69, 9.17) is 45.5 Å². The molecule has 0 radical (unpaired) electrons. The number of H-pyrrole nitrogens is 1. The van der Waals surface area contributed by atoms with Crippen molar-refractivity contribution in [2.45, 2.75) is 12.5 Å². The normalized spacial score (nSPS) is 12.0. The van der Waals surface area contributed by atoms with E-state index in [1.54, 1.807) is 24.3 Å². The maximum absolute atomic E-state index is 12.3. The number of halogens is 3. The zero-order valence-electron chi connectivity index (χ0n) is 19.0. The van der Waals surface area contributed by atoms with Crippen molar-refractivity contribution in [2.24, 2.45) is 5.73 Å². The quantitative estimate of drug-likeness (QED) is 0.275. The molecule has 1 unspecified atom stereocenters. The molecular weight excluding hydrogens is 553 g/mol. The summed E-state index contributed by atoms with van der Waals surface area (Å²) in [5.74, 6) is -0.445. The summed E-state index contributed by atoms with van der Waals surface area (Å²) in [4.78, 5) is 31.8. The fourth-order valence-corrected chi connectivity index (χ4v) is 5.97. The number of hydrogen-bond acceptors (Lipinski definition) is 6. The van der Waals surface area contributed by atoms with E-state index in [1.165, 1.54) is 11.3 Å². The minimum atomic E-state index is -0.707. The molecule has 2 aromatic heterocycles. The number of benzene rings is 3. The predicted molar refractivity (Wildman–Crippen MR) is 148 cm³/mol. The van der Waals surface area contributed by atoms with Crippen LogP contribution in [-0.2, 0) is 6.54 Å². The molecule has 0 saturated carbocycles. The molecule has 1 atom stereocenters. The second-order valence-corrected chi connectivity index (χ2v) is 10.4. The Balaban J connectivity index is 1.70. The van der Waals surface area contributed by atoms with Gasteiger partial charge in [-0.1, -0.05) is 77.3 Å². The first-order valence-corrected chi connectivity index (χ1v) is 13.0. The molecule has 0 fully saturated rings. The largest absolute Gasteiger partial charge is 0.349 e. The summed E-state index contributed by atoms with van der Waals surface area (Å²) in [5.41, 5.74) is 8.33. The summed E-state index contributed by atoms with van der Waals surface area (Å²) < 4.78 is 1.02. The molecule has 0 spiro atoms. The van der Waals surface area contributed by atoms with E-state index >= 15 is 0 Å². The van der Waals surface area contributed by atoms with Gasteiger partial charge in [0.2, 0.25) is 0 Å². The van der Waals surface area contributed by atoms with E-state index in [-0.39, 0.29) is 0 Å². The van der Waals surface area contributed by atoms with E-state index in [1.807, 2.05) is 42.5 Å². The number of rotatable bonds is 6. The highest BCUT2D eigenvalue weighted by molar-refractivity contribution is 7.12. The molecule has 5 rings (SSSR count). The van der Waals surface area contributed by atoms with Crippen LogP contribution in [0.3, 0.4) is 0 Å². The fourth-order valence-electron chi connectivity index (χ4n) is 4.05. The Morgan fingerprint density at radius 1 is 0.973 bits per heavy atom. The zero-order valence-corrected chi connectivity index (χ0v) is 22.1. The summed E-state index contributed by atoms with van der Waals surface area (Å²) in [5, 5.41) is 5.83. The van der Waals surface area contributed by atoms with Crippen molar-refractivity contribution in [1.82, 2.24) is 19.7 Å². The highest BCUT2D eigenvalue weighted by atomic mass is 35.5. The molecular formula is C26H18Cl3N5O2S. The molecule has 37 heavy (non-hydrogen) atoms. The van der Waals surface area contributed by atoms with Crippen molar-refractivity contribution < 1.29 is 0 Å². The van der Waals surface area contributed by atoms with Crippen molar-refractivity contribution in [2.75, 3.05) is 0 Å². The lowest BCUT2D eigenvalue weighted by Crippen LogP contribution is -2.30. The van der Waals surface area contributed by atoms with Crippen molar-refractivity contribution >= 4 is 46.1 Å². The Labute approximate surface area is 230 Å². The molecule has 7 nitrogen and oxygen atoms in total. The fraction of sp³-hybridized carbons (Fsp3) is 0.0769. The van der Waals surface area contributed by atoms with Gasteiger partial charge in [-0.3, -0.25) is 9.78 Å². The van der Waals surface area contributed by atoms with Crippen LogP contribution in [0.4, 0.5) is 0 Å². The number of nitrogens with one attached hydrogen (secondary N) is 1. The van der Waals surface area contributed by atoms with E-state index in [0.29, 0.717) is 32.9 Å². The predicted octanol–water partition coefficient (Wildman–Crippen LogP) is 5.64. The third kappa shape index (κ3) is 5.12. The maximum atomic E-state index is 12.3. The molecule has 0 saturated heterocycles. The van der Waals surface area contributed by atoms with Gasteiger partial charge >= 0.3 is 5.69 Å². The number of nitrogens with zero attached hydrogens (tertiary/aromatic N) is 3. The van der Waals surface area contributed by atoms with Crippen LogP contribution in [0.25, 0.3) is 16.9 Å². The number of aromatic nitrogens is 4. The van der Waals surface area contributed by atoms with E-state index < -0.39 is 17.2 Å². The van der Waals surface area contributed by atoms with Crippen LogP contribution in [-0.4, -0.2) is 19.7 Å². The number of hydrogen-bond donors (Lipinski definition) is 2. The van der Waals surface area contributed by atoms with Gasteiger partial charge in [-0.2, -0.15) is 9.78 Å². The third-order valence-corrected chi connectivity index (χ3v) is 7.73. The van der Waals surface area contributed by atoms with Gasteiger partial charge in [0.1, 0.15) is 11.2 Å². The molecule has 3 aromatic carbocycles. The summed E-state index contributed by atoms with van der Waals surface area (Å²) in [7, 11) is 0. The molecule has 186 valence electrons. The Bertz CT molecular complexity index is 1680. The average molecular weight is 571 g/mol. The number of nitrogens with two attached hydrogens (primary N) is 1. The van der Waals surface area contributed by atoms with Crippen LogP contribution in [0, 0.1) is 0 Å². The monoisotopic (exact) mass is 569 g/mol. The van der Waals surface area contributed by atoms with E-state index in [2.05, 4.69) is 10.1 Å². The number of thiazole rings is 1. The first-order chi connectivity index (χ1) is 17.9. The SMILES string of the molecule is NCc1sc(C(c2ccc(Cl)cc2)c2c(Cl)cc(-n3ncc(=O)[nH]c3=O)cc2Cl)nc1-c1ccccc1. The summed E-state index contributed by atoms with van der Waals surface area (Å²) in [6, 6.07) is 20.3. The lowest BCUT2D eigenvalue weighted by molar-refractivity contribution is 0.749. The van der Waals surface area contributed by atoms with Crippen LogP contribution in [0.15, 0.2) is 82.5 Å². The first-order valence-electron chi connectivity index (χ1n) is 11.0. The molecule has 5 aromatic rings. The van der Waals surface area contributed by atoms with Crippen molar-refractivity contribution in [3.05, 3.63) is 130 Å². The van der Waals surface area contributed by atoms with Crippen molar-refractivity contribution in [3.8, 4) is 16.9 Å². The summed E-state index contributed by atoms with van der Waals surface area (Å²) in [6.07, 6.45) is 1.00. The van der Waals surface area contributed by atoms with Crippen LogP contribution in [0.5, 0.6) is 0 Å². The third-order valence-electron chi connectivity index (χ3n) is 5.71. The molecule has 0 aliphatic carbocycles. The lowest BCUT2D eigenvalue weighted by Gasteiger charge is -2.20. The second kappa shape index (κ2) is 10.6. The standard InChI is InChI=1S/C26H18Cl3N5O2S/c27-16-8-6-14(7-9-16)22(25-33-24(20(12-30)37-25)15-4-2-1-3-5-15)23-18(28)10-17(11-19(23)29)34-26(36)32-21(35)13-31-34/h1-11,13,22H,12,30H2,(H,32,35,36). The molecule has 0 amide bonds. The first kappa shape index (κ1) is 25.4. The molecule has 0 aliphatic heterocycles. The molecule has 2 heterocycles. The maximum Gasteiger partial charge on any atom is 0.349 e. The van der Waals surface area contributed by atoms with Crippen LogP contribution >= 0.6 is 46.1 Å². The smallest absolute Gasteiger partial charge is 0.326 e. The van der Waals surface area contributed by atoms with Gasteiger partial charge in [0.15, 0.2) is 0 Å². The highest BCUT2D eigenvalue weighted by Crippen LogP contribution is 2.44. The van der Waals surface area contributed by atoms with Gasteiger partial charge in [-0.25, -0.2) is 9.78 Å². The van der Waals surface area contributed by atoms with Gasteiger partial charge in [-0.15, -0.1) is 11.3 Å². The Morgan fingerprint density at radius 3 is 2.27 bits per heavy atom. The number of aromatic amines is 1. The van der Waals surface area contributed by atoms with Gasteiger partial charge in [-0.05, 0) is 29.8 Å². The molecule has 0 aliphatic rings. The lowest BCUT2D eigenvalue weighted by atomic mass is 9.91. The minimum absolute atomic E-state index is 0.299. The van der Waals surface area contributed by atoms with Gasteiger partial charge in [0.05, 0.1) is 17.3 Å². The molecule has 0 bridgehead atoms. The zero-order chi connectivity index (χ0) is 26.1. The van der Waals surface area contributed by atoms with Crippen molar-refractivity contribution in [3.63, 3.8) is 0 Å². The molecule has 11 heteroatoms. The highest BCUT2D eigenvalue weighted by Gasteiger charge is 2.28.